The van der Waals surface area contributed by atoms with Gasteiger partial charge >= 0.3 is 0 Å². The molecule has 2 atom stereocenters. The minimum absolute atomic E-state index is 0.0524. The first-order chi connectivity index (χ1) is 10.4. The van der Waals surface area contributed by atoms with Crippen LogP contribution >= 0.6 is 0 Å². The maximum Gasteiger partial charge on any atom is 0.253 e. The first-order valence-electron chi connectivity index (χ1n) is 7.81. The summed E-state index contributed by atoms with van der Waals surface area (Å²) in [7, 11) is -3.54. The molecule has 1 aromatic carbocycles. The first-order valence-corrected chi connectivity index (χ1v) is 9.52. The van der Waals surface area contributed by atoms with Gasteiger partial charge in [0.25, 0.3) is 5.91 Å². The van der Waals surface area contributed by atoms with Gasteiger partial charge < -0.3 is 4.90 Å². The SMILES string of the molecule is NS(=O)(=O)Cc1ccc(C(=O)N2C[C@H]3CCCC[C@H]3C2)cc1. The molecule has 22 heavy (non-hydrogen) atoms. The Labute approximate surface area is 131 Å². The van der Waals surface area contributed by atoms with E-state index in [-0.39, 0.29) is 11.7 Å². The summed E-state index contributed by atoms with van der Waals surface area (Å²) in [6.07, 6.45) is 5.04. The Morgan fingerprint density at radius 1 is 1.09 bits per heavy atom. The van der Waals surface area contributed by atoms with Crippen LogP contribution in [-0.4, -0.2) is 32.3 Å². The van der Waals surface area contributed by atoms with Crippen molar-refractivity contribution in [3.63, 3.8) is 0 Å². The number of primary sulfonamides is 1. The normalized spacial score (nSPS) is 25.0. The zero-order valence-corrected chi connectivity index (χ0v) is 13.4. The smallest absolute Gasteiger partial charge is 0.253 e. The van der Waals surface area contributed by atoms with Gasteiger partial charge in [-0.25, -0.2) is 13.6 Å². The van der Waals surface area contributed by atoms with E-state index in [1.54, 1.807) is 24.3 Å². The molecule has 1 aromatic rings. The minimum atomic E-state index is -3.54. The van der Waals surface area contributed by atoms with Gasteiger partial charge in [0.15, 0.2) is 0 Å². The van der Waals surface area contributed by atoms with Crippen molar-refractivity contribution in [3.05, 3.63) is 35.4 Å². The zero-order chi connectivity index (χ0) is 15.7. The Morgan fingerprint density at radius 2 is 1.64 bits per heavy atom. The molecule has 2 N–H and O–H groups in total. The largest absolute Gasteiger partial charge is 0.338 e. The lowest BCUT2D eigenvalue weighted by Crippen LogP contribution is -2.29. The van der Waals surface area contributed by atoms with Crippen LogP contribution in [0.1, 0.15) is 41.6 Å². The number of benzene rings is 1. The van der Waals surface area contributed by atoms with Gasteiger partial charge in [0, 0.05) is 18.7 Å². The lowest BCUT2D eigenvalue weighted by Gasteiger charge is -2.22. The Morgan fingerprint density at radius 3 is 2.14 bits per heavy atom. The van der Waals surface area contributed by atoms with E-state index in [1.807, 2.05) is 4.90 Å². The molecule has 0 spiro atoms. The number of hydrogen-bond acceptors (Lipinski definition) is 3. The highest BCUT2D eigenvalue weighted by molar-refractivity contribution is 7.88. The zero-order valence-electron chi connectivity index (χ0n) is 12.6. The van der Waals surface area contributed by atoms with Crippen LogP contribution in [0, 0.1) is 11.8 Å². The molecule has 120 valence electrons. The summed E-state index contributed by atoms with van der Waals surface area (Å²) in [6, 6.07) is 6.73. The molecule has 6 heteroatoms. The molecule has 1 saturated heterocycles. The van der Waals surface area contributed by atoms with Crippen molar-refractivity contribution in [2.24, 2.45) is 17.0 Å². The molecule has 1 amide bonds. The summed E-state index contributed by atoms with van der Waals surface area (Å²) in [5.41, 5.74) is 1.23. The minimum Gasteiger partial charge on any atom is -0.338 e. The average Bonchev–Trinajstić information content (AvgIpc) is 2.89. The van der Waals surface area contributed by atoms with E-state index < -0.39 is 10.0 Å². The van der Waals surface area contributed by atoms with Crippen LogP contribution in [0.2, 0.25) is 0 Å². The average molecular weight is 322 g/mol. The van der Waals surface area contributed by atoms with E-state index in [0.717, 1.165) is 13.1 Å². The van der Waals surface area contributed by atoms with Gasteiger partial charge in [-0.1, -0.05) is 25.0 Å². The number of fused-ring (bicyclic) bond motifs is 1. The van der Waals surface area contributed by atoms with Crippen molar-refractivity contribution in [1.29, 1.82) is 0 Å². The first kappa shape index (κ1) is 15.5. The van der Waals surface area contributed by atoms with Gasteiger partial charge in [-0.15, -0.1) is 0 Å². The summed E-state index contributed by atoms with van der Waals surface area (Å²) in [4.78, 5) is 14.5. The molecular weight excluding hydrogens is 300 g/mol. The Hall–Kier alpha value is -1.40. The maximum absolute atomic E-state index is 12.6. The molecule has 1 heterocycles. The molecule has 1 saturated carbocycles. The van der Waals surface area contributed by atoms with Gasteiger partial charge in [-0.3, -0.25) is 4.79 Å². The van der Waals surface area contributed by atoms with Crippen molar-refractivity contribution in [2.75, 3.05) is 13.1 Å². The molecule has 0 aromatic heterocycles. The fourth-order valence-corrected chi connectivity index (χ4v) is 4.39. The van der Waals surface area contributed by atoms with Crippen LogP contribution in [0.4, 0.5) is 0 Å². The molecule has 2 aliphatic rings. The number of likely N-dealkylation sites (tertiary alicyclic amines) is 1. The van der Waals surface area contributed by atoms with Gasteiger partial charge in [0.2, 0.25) is 10.0 Å². The van der Waals surface area contributed by atoms with Gasteiger partial charge in [-0.05, 0) is 42.4 Å². The fraction of sp³-hybridized carbons (Fsp3) is 0.562. The predicted molar refractivity (Wildman–Crippen MR) is 84.6 cm³/mol. The second-order valence-electron chi connectivity index (χ2n) is 6.52. The van der Waals surface area contributed by atoms with Crippen LogP contribution in [0.15, 0.2) is 24.3 Å². The van der Waals surface area contributed by atoms with Gasteiger partial charge in [0.05, 0.1) is 5.75 Å². The summed E-state index contributed by atoms with van der Waals surface area (Å²) in [6.45, 7) is 1.73. The lowest BCUT2D eigenvalue weighted by molar-refractivity contribution is 0.0784. The second-order valence-corrected chi connectivity index (χ2v) is 8.13. The predicted octanol–water partition coefficient (Wildman–Crippen LogP) is 1.74. The quantitative estimate of drug-likeness (QED) is 0.920. The monoisotopic (exact) mass is 322 g/mol. The maximum atomic E-state index is 12.6. The van der Waals surface area contributed by atoms with E-state index in [4.69, 9.17) is 5.14 Å². The highest BCUT2D eigenvalue weighted by Crippen LogP contribution is 2.36. The van der Waals surface area contributed by atoms with E-state index >= 15 is 0 Å². The number of amides is 1. The lowest BCUT2D eigenvalue weighted by atomic mass is 9.82. The third kappa shape index (κ3) is 3.50. The van der Waals surface area contributed by atoms with E-state index in [1.165, 1.54) is 25.7 Å². The number of carbonyl (C=O) groups excluding carboxylic acids is 1. The summed E-state index contributed by atoms with van der Waals surface area (Å²) in [5.74, 6) is 1.19. The molecule has 0 radical (unpaired) electrons. The van der Waals surface area contributed by atoms with E-state index in [9.17, 15) is 13.2 Å². The highest BCUT2D eigenvalue weighted by Gasteiger charge is 2.36. The fourth-order valence-electron chi connectivity index (χ4n) is 3.73. The molecular formula is C16H22N2O3S. The van der Waals surface area contributed by atoms with Crippen molar-refractivity contribution in [3.8, 4) is 0 Å². The van der Waals surface area contributed by atoms with Crippen LogP contribution in [0.3, 0.4) is 0 Å². The van der Waals surface area contributed by atoms with Crippen molar-refractivity contribution in [2.45, 2.75) is 31.4 Å². The number of carbonyl (C=O) groups is 1. The number of hydrogen-bond donors (Lipinski definition) is 1. The Bertz CT molecular complexity index is 640. The molecule has 2 fully saturated rings. The third-order valence-corrected chi connectivity index (χ3v) is 5.57. The van der Waals surface area contributed by atoms with Crippen LogP contribution in [0.5, 0.6) is 0 Å². The standard InChI is InChI=1S/C16H22N2O3S/c17-22(20,21)11-12-5-7-13(8-6-12)16(19)18-9-14-3-1-2-4-15(14)10-18/h5-8,14-15H,1-4,9-11H2,(H2,17,20,21)/t14-,15+. The summed E-state index contributed by atoms with van der Waals surface area (Å²) >= 11 is 0. The van der Waals surface area contributed by atoms with Crippen molar-refractivity contribution >= 4 is 15.9 Å². The van der Waals surface area contributed by atoms with E-state index in [0.29, 0.717) is 23.0 Å². The highest BCUT2D eigenvalue weighted by atomic mass is 32.2. The molecule has 0 unspecified atom stereocenters. The molecule has 5 nitrogen and oxygen atoms in total. The van der Waals surface area contributed by atoms with E-state index in [2.05, 4.69) is 0 Å². The Balaban J connectivity index is 1.68. The molecule has 3 rings (SSSR count). The van der Waals surface area contributed by atoms with Crippen LogP contribution < -0.4 is 5.14 Å². The number of rotatable bonds is 3. The van der Waals surface area contributed by atoms with Crippen molar-refractivity contribution in [1.82, 2.24) is 4.90 Å². The van der Waals surface area contributed by atoms with Gasteiger partial charge in [-0.2, -0.15) is 0 Å². The molecule has 1 aliphatic heterocycles. The van der Waals surface area contributed by atoms with Crippen molar-refractivity contribution < 1.29 is 13.2 Å². The van der Waals surface area contributed by atoms with Gasteiger partial charge in [0.1, 0.15) is 0 Å². The number of sulfonamides is 1. The summed E-state index contributed by atoms with van der Waals surface area (Å²) < 4.78 is 22.2. The van der Waals surface area contributed by atoms with Crippen LogP contribution in [-0.2, 0) is 15.8 Å². The topological polar surface area (TPSA) is 80.5 Å². The Kier molecular flexibility index (Phi) is 4.23. The summed E-state index contributed by atoms with van der Waals surface area (Å²) in [5, 5.41) is 5.03. The molecule has 1 aliphatic carbocycles. The second kappa shape index (κ2) is 6.01. The molecule has 0 bridgehead atoms. The third-order valence-electron chi connectivity index (χ3n) is 4.83. The number of nitrogens with zero attached hydrogens (tertiary/aromatic N) is 1. The number of nitrogens with two attached hydrogens (primary N) is 1. The van der Waals surface area contributed by atoms with Crippen LogP contribution in [0.25, 0.3) is 0 Å².